The number of nitrogens with zero attached hydrogens (tertiary/aromatic N) is 1. The second-order valence-electron chi connectivity index (χ2n) is 5.42. The third-order valence-corrected chi connectivity index (χ3v) is 3.53. The molecule has 0 heterocycles. The topological polar surface area (TPSA) is 55.8 Å². The Morgan fingerprint density at radius 1 is 1.00 bits per heavy atom. The van der Waals surface area contributed by atoms with Crippen molar-refractivity contribution in [2.75, 3.05) is 20.8 Å². The molecule has 1 amide bonds. The summed E-state index contributed by atoms with van der Waals surface area (Å²) in [6.45, 7) is 0.483. The van der Waals surface area contributed by atoms with Gasteiger partial charge in [-0.25, -0.2) is 0 Å². The Labute approximate surface area is 141 Å². The minimum absolute atomic E-state index is 0.0506. The van der Waals surface area contributed by atoms with Crippen molar-refractivity contribution < 1.29 is 19.1 Å². The van der Waals surface area contributed by atoms with E-state index in [1.807, 2.05) is 36.4 Å². The van der Waals surface area contributed by atoms with E-state index in [4.69, 9.17) is 4.74 Å². The molecule has 24 heavy (non-hydrogen) atoms. The van der Waals surface area contributed by atoms with E-state index in [1.165, 1.54) is 7.11 Å². The number of hydrogen-bond acceptors (Lipinski definition) is 4. The molecule has 0 unspecified atom stereocenters. The van der Waals surface area contributed by atoms with Crippen molar-refractivity contribution >= 4 is 11.9 Å². The van der Waals surface area contributed by atoms with Gasteiger partial charge in [0.25, 0.3) is 5.91 Å². The Morgan fingerprint density at radius 3 is 2.42 bits per heavy atom. The monoisotopic (exact) mass is 327 g/mol. The van der Waals surface area contributed by atoms with Crippen LogP contribution in [0.15, 0.2) is 54.6 Å². The lowest BCUT2D eigenvalue weighted by Crippen LogP contribution is -2.30. The van der Waals surface area contributed by atoms with E-state index in [1.54, 1.807) is 30.1 Å². The molecule has 0 bridgehead atoms. The van der Waals surface area contributed by atoms with Crippen LogP contribution in [-0.4, -0.2) is 37.5 Å². The van der Waals surface area contributed by atoms with Crippen LogP contribution in [0.5, 0.6) is 5.75 Å². The van der Waals surface area contributed by atoms with Gasteiger partial charge in [0.15, 0.2) is 6.61 Å². The standard InChI is InChI=1S/C19H21NO4/c1-20(13-15-7-4-3-5-8-15)18(21)14-24-17-10-6-9-16(11-17)12-19(22)23-2/h3-11H,12-14H2,1-2H3. The second-order valence-corrected chi connectivity index (χ2v) is 5.42. The number of esters is 1. The molecule has 126 valence electrons. The number of ether oxygens (including phenoxy) is 2. The number of carbonyl (C=O) groups excluding carboxylic acids is 2. The minimum atomic E-state index is -0.314. The zero-order valence-electron chi connectivity index (χ0n) is 13.9. The molecule has 0 spiro atoms. The lowest BCUT2D eigenvalue weighted by molar-refractivity contribution is -0.139. The molecule has 5 nitrogen and oxygen atoms in total. The number of benzene rings is 2. The van der Waals surface area contributed by atoms with Crippen LogP contribution in [0.2, 0.25) is 0 Å². The van der Waals surface area contributed by atoms with Gasteiger partial charge in [-0.15, -0.1) is 0 Å². The molecule has 2 rings (SSSR count). The van der Waals surface area contributed by atoms with Crippen molar-refractivity contribution in [3.05, 3.63) is 65.7 Å². The first-order valence-electron chi connectivity index (χ1n) is 7.65. The molecule has 0 aliphatic heterocycles. The van der Waals surface area contributed by atoms with Crippen LogP contribution < -0.4 is 4.74 Å². The van der Waals surface area contributed by atoms with Gasteiger partial charge in [-0.2, -0.15) is 0 Å². The maximum atomic E-state index is 12.2. The van der Waals surface area contributed by atoms with Crippen molar-refractivity contribution in [1.82, 2.24) is 4.90 Å². The van der Waals surface area contributed by atoms with E-state index in [0.717, 1.165) is 11.1 Å². The van der Waals surface area contributed by atoms with Crippen LogP contribution in [0.4, 0.5) is 0 Å². The van der Waals surface area contributed by atoms with Gasteiger partial charge in [-0.1, -0.05) is 42.5 Å². The van der Waals surface area contributed by atoms with Crippen LogP contribution in [0.1, 0.15) is 11.1 Å². The van der Waals surface area contributed by atoms with E-state index in [0.29, 0.717) is 12.3 Å². The Balaban J connectivity index is 1.87. The van der Waals surface area contributed by atoms with E-state index in [2.05, 4.69) is 4.74 Å². The van der Waals surface area contributed by atoms with Crippen LogP contribution in [0, 0.1) is 0 Å². The van der Waals surface area contributed by atoms with Gasteiger partial charge in [0.05, 0.1) is 13.5 Å². The van der Waals surface area contributed by atoms with Crippen LogP contribution in [0.3, 0.4) is 0 Å². The van der Waals surface area contributed by atoms with E-state index >= 15 is 0 Å². The smallest absolute Gasteiger partial charge is 0.309 e. The zero-order valence-corrected chi connectivity index (χ0v) is 13.9. The fraction of sp³-hybridized carbons (Fsp3) is 0.263. The molecular weight excluding hydrogens is 306 g/mol. The van der Waals surface area contributed by atoms with Gasteiger partial charge < -0.3 is 14.4 Å². The molecular formula is C19H21NO4. The number of likely N-dealkylation sites (N-methyl/N-ethyl adjacent to an activating group) is 1. The predicted molar refractivity (Wildman–Crippen MR) is 90.6 cm³/mol. The van der Waals surface area contributed by atoms with E-state index in [-0.39, 0.29) is 24.9 Å². The number of amides is 1. The highest BCUT2D eigenvalue weighted by Gasteiger charge is 2.11. The molecule has 0 N–H and O–H groups in total. The van der Waals surface area contributed by atoms with Crippen molar-refractivity contribution in [2.24, 2.45) is 0 Å². The van der Waals surface area contributed by atoms with Crippen molar-refractivity contribution in [3.63, 3.8) is 0 Å². The van der Waals surface area contributed by atoms with Crippen molar-refractivity contribution in [3.8, 4) is 5.75 Å². The summed E-state index contributed by atoms with van der Waals surface area (Å²) in [5, 5.41) is 0. The highest BCUT2D eigenvalue weighted by molar-refractivity contribution is 5.77. The fourth-order valence-electron chi connectivity index (χ4n) is 2.18. The maximum absolute atomic E-state index is 12.2. The summed E-state index contributed by atoms with van der Waals surface area (Å²) in [4.78, 5) is 25.1. The quantitative estimate of drug-likeness (QED) is 0.733. The lowest BCUT2D eigenvalue weighted by atomic mass is 10.1. The summed E-state index contributed by atoms with van der Waals surface area (Å²) < 4.78 is 10.2. The minimum Gasteiger partial charge on any atom is -0.484 e. The average molecular weight is 327 g/mol. The third-order valence-electron chi connectivity index (χ3n) is 3.53. The molecule has 0 atom stereocenters. The number of carbonyl (C=O) groups is 2. The van der Waals surface area contributed by atoms with Gasteiger partial charge in [-0.05, 0) is 23.3 Å². The average Bonchev–Trinajstić information content (AvgIpc) is 2.60. The summed E-state index contributed by atoms with van der Waals surface area (Å²) in [6, 6.07) is 16.9. The molecule has 2 aromatic carbocycles. The third kappa shape index (κ3) is 5.43. The Kier molecular flexibility index (Phi) is 6.37. The molecule has 0 fully saturated rings. The number of rotatable bonds is 7. The highest BCUT2D eigenvalue weighted by Crippen LogP contribution is 2.14. The van der Waals surface area contributed by atoms with Crippen molar-refractivity contribution in [1.29, 1.82) is 0 Å². The normalized spacial score (nSPS) is 10.1. The summed E-state index contributed by atoms with van der Waals surface area (Å²) in [5.41, 5.74) is 1.85. The van der Waals surface area contributed by atoms with E-state index < -0.39 is 0 Å². The molecule has 0 aromatic heterocycles. The molecule has 0 aliphatic rings. The first kappa shape index (κ1) is 17.5. The molecule has 0 aliphatic carbocycles. The molecule has 5 heteroatoms. The van der Waals surface area contributed by atoms with Crippen LogP contribution in [-0.2, 0) is 27.3 Å². The van der Waals surface area contributed by atoms with Crippen molar-refractivity contribution in [2.45, 2.75) is 13.0 Å². The summed E-state index contributed by atoms with van der Waals surface area (Å²) in [7, 11) is 3.09. The predicted octanol–water partition coefficient (Wildman–Crippen LogP) is 2.44. The molecule has 0 saturated heterocycles. The van der Waals surface area contributed by atoms with Gasteiger partial charge >= 0.3 is 5.97 Å². The van der Waals surface area contributed by atoms with Crippen LogP contribution >= 0.6 is 0 Å². The Hall–Kier alpha value is -2.82. The molecule has 0 saturated carbocycles. The van der Waals surface area contributed by atoms with Crippen LogP contribution in [0.25, 0.3) is 0 Å². The van der Waals surface area contributed by atoms with Gasteiger partial charge in [0, 0.05) is 13.6 Å². The first-order chi connectivity index (χ1) is 11.6. The summed E-state index contributed by atoms with van der Waals surface area (Å²) >= 11 is 0. The lowest BCUT2D eigenvalue weighted by Gasteiger charge is -2.17. The largest absolute Gasteiger partial charge is 0.484 e. The van der Waals surface area contributed by atoms with E-state index in [9.17, 15) is 9.59 Å². The fourth-order valence-corrected chi connectivity index (χ4v) is 2.18. The van der Waals surface area contributed by atoms with Gasteiger partial charge in [-0.3, -0.25) is 9.59 Å². The molecule has 2 aromatic rings. The highest BCUT2D eigenvalue weighted by atomic mass is 16.5. The van der Waals surface area contributed by atoms with Gasteiger partial charge in [0.1, 0.15) is 5.75 Å². The molecule has 0 radical (unpaired) electrons. The Bertz CT molecular complexity index is 685. The zero-order chi connectivity index (χ0) is 17.4. The second kappa shape index (κ2) is 8.72. The maximum Gasteiger partial charge on any atom is 0.309 e. The summed E-state index contributed by atoms with van der Waals surface area (Å²) in [5.74, 6) is 0.126. The summed E-state index contributed by atoms with van der Waals surface area (Å²) in [6.07, 6.45) is 0.176. The SMILES string of the molecule is COC(=O)Cc1cccc(OCC(=O)N(C)Cc2ccccc2)c1. The first-order valence-corrected chi connectivity index (χ1v) is 7.65. The number of methoxy groups -OCH3 is 1. The van der Waals surface area contributed by atoms with Gasteiger partial charge in [0.2, 0.25) is 0 Å². The Morgan fingerprint density at radius 2 is 1.71 bits per heavy atom. The number of hydrogen-bond donors (Lipinski definition) is 0.